The molecule has 0 radical (unpaired) electrons. The zero-order valence-corrected chi connectivity index (χ0v) is 13.6. The maximum absolute atomic E-state index is 13.2. The number of hydrogen-bond acceptors (Lipinski definition) is 4. The number of halogens is 1. The highest BCUT2D eigenvalue weighted by Gasteiger charge is 2.20. The molecule has 2 aromatic rings. The van der Waals surface area contributed by atoms with Crippen LogP contribution in [0.25, 0.3) is 0 Å². The van der Waals surface area contributed by atoms with Crippen molar-refractivity contribution >= 4 is 10.0 Å². The maximum atomic E-state index is 13.2. The summed E-state index contributed by atoms with van der Waals surface area (Å²) in [4.78, 5) is -0.132. The molecule has 7 heteroatoms. The van der Waals surface area contributed by atoms with Gasteiger partial charge in [-0.25, -0.2) is 17.5 Å². The molecule has 124 valence electrons. The molecule has 2 rings (SSSR count). The molecule has 0 fully saturated rings. The van der Waals surface area contributed by atoms with Crippen molar-refractivity contribution in [1.29, 1.82) is 0 Å². The Balaban J connectivity index is 2.17. The van der Waals surface area contributed by atoms with Crippen molar-refractivity contribution < 1.29 is 22.3 Å². The smallest absolute Gasteiger partial charge is 0.240 e. The predicted octanol–water partition coefficient (Wildman–Crippen LogP) is 2.50. The van der Waals surface area contributed by atoms with E-state index < -0.39 is 21.9 Å². The zero-order chi connectivity index (χ0) is 16.9. The maximum Gasteiger partial charge on any atom is 0.240 e. The number of methoxy groups -OCH3 is 2. The van der Waals surface area contributed by atoms with Gasteiger partial charge in [-0.05, 0) is 24.3 Å². The number of benzene rings is 2. The molecule has 0 amide bonds. The van der Waals surface area contributed by atoms with Crippen LogP contribution in [0.4, 0.5) is 4.39 Å². The highest BCUT2D eigenvalue weighted by atomic mass is 32.2. The standard InChI is InChI=1S/C16H18FNO4S/c1-21-15-9-4-3-8-14(15)16(22-2)11-18-23(19,20)13-7-5-6-12(17)10-13/h3-10,16,18H,11H2,1-2H3/t16-/m1/s1. The Morgan fingerprint density at radius 2 is 1.87 bits per heavy atom. The number of ether oxygens (including phenoxy) is 2. The quantitative estimate of drug-likeness (QED) is 0.842. The van der Waals surface area contributed by atoms with Crippen molar-refractivity contribution in [3.8, 4) is 5.75 Å². The Morgan fingerprint density at radius 3 is 2.52 bits per heavy atom. The van der Waals surface area contributed by atoms with E-state index in [0.29, 0.717) is 5.75 Å². The summed E-state index contributed by atoms with van der Waals surface area (Å²) < 4.78 is 50.7. The van der Waals surface area contributed by atoms with Crippen LogP contribution in [0.15, 0.2) is 53.4 Å². The van der Waals surface area contributed by atoms with Crippen molar-refractivity contribution in [3.05, 3.63) is 59.9 Å². The van der Waals surface area contributed by atoms with Gasteiger partial charge in [0.25, 0.3) is 0 Å². The Kier molecular flexibility index (Phi) is 5.70. The molecule has 0 aliphatic rings. The average molecular weight is 339 g/mol. The molecule has 0 spiro atoms. The minimum Gasteiger partial charge on any atom is -0.496 e. The number of sulfonamides is 1. The Morgan fingerprint density at radius 1 is 1.13 bits per heavy atom. The summed E-state index contributed by atoms with van der Waals surface area (Å²) in [6, 6.07) is 12.0. The molecule has 0 saturated carbocycles. The van der Waals surface area contributed by atoms with Crippen LogP contribution in [0.5, 0.6) is 5.75 Å². The van der Waals surface area contributed by atoms with Crippen molar-refractivity contribution in [3.63, 3.8) is 0 Å². The zero-order valence-electron chi connectivity index (χ0n) is 12.8. The van der Waals surface area contributed by atoms with Crippen molar-refractivity contribution in [2.75, 3.05) is 20.8 Å². The molecular formula is C16H18FNO4S. The lowest BCUT2D eigenvalue weighted by molar-refractivity contribution is 0.105. The van der Waals surface area contributed by atoms with Gasteiger partial charge >= 0.3 is 0 Å². The van der Waals surface area contributed by atoms with Gasteiger partial charge in [0, 0.05) is 19.2 Å². The van der Waals surface area contributed by atoms with Gasteiger partial charge in [-0.2, -0.15) is 0 Å². The normalized spacial score (nSPS) is 12.8. The third-order valence-electron chi connectivity index (χ3n) is 3.34. The predicted molar refractivity (Wildman–Crippen MR) is 84.3 cm³/mol. The minimum atomic E-state index is -3.83. The lowest BCUT2D eigenvalue weighted by Gasteiger charge is -2.19. The Bertz CT molecular complexity index is 764. The highest BCUT2D eigenvalue weighted by molar-refractivity contribution is 7.89. The topological polar surface area (TPSA) is 64.6 Å². The van der Waals surface area contributed by atoms with E-state index in [1.54, 1.807) is 12.1 Å². The van der Waals surface area contributed by atoms with Gasteiger partial charge in [-0.3, -0.25) is 0 Å². The minimum absolute atomic E-state index is 0.00425. The van der Waals surface area contributed by atoms with E-state index in [9.17, 15) is 12.8 Å². The monoisotopic (exact) mass is 339 g/mol. The van der Waals surface area contributed by atoms with E-state index in [2.05, 4.69) is 4.72 Å². The number of rotatable bonds is 7. The second kappa shape index (κ2) is 7.54. The molecule has 0 aliphatic carbocycles. The summed E-state index contributed by atoms with van der Waals surface area (Å²) in [6.07, 6.45) is -0.533. The molecule has 1 N–H and O–H groups in total. The molecule has 0 bridgehead atoms. The first-order chi connectivity index (χ1) is 11.0. The second-order valence-corrected chi connectivity index (χ2v) is 6.54. The van der Waals surface area contributed by atoms with E-state index in [0.717, 1.165) is 11.6 Å². The van der Waals surface area contributed by atoms with Crippen molar-refractivity contribution in [2.45, 2.75) is 11.0 Å². The van der Waals surface area contributed by atoms with Gasteiger partial charge in [0.2, 0.25) is 10.0 Å². The molecule has 0 saturated heterocycles. The third-order valence-corrected chi connectivity index (χ3v) is 4.76. The molecule has 0 unspecified atom stereocenters. The van der Waals surface area contributed by atoms with Gasteiger partial charge in [-0.15, -0.1) is 0 Å². The lowest BCUT2D eigenvalue weighted by Crippen LogP contribution is -2.29. The van der Waals surface area contributed by atoms with Crippen LogP contribution in [-0.4, -0.2) is 29.2 Å². The fraction of sp³-hybridized carbons (Fsp3) is 0.250. The van der Waals surface area contributed by atoms with Crippen LogP contribution >= 0.6 is 0 Å². The molecule has 1 atom stereocenters. The van der Waals surface area contributed by atoms with Crippen LogP contribution in [0.1, 0.15) is 11.7 Å². The Hall–Kier alpha value is -1.96. The summed E-state index contributed by atoms with van der Waals surface area (Å²) in [5.41, 5.74) is 0.722. The van der Waals surface area contributed by atoms with Crippen LogP contribution in [0.2, 0.25) is 0 Å². The van der Waals surface area contributed by atoms with E-state index in [-0.39, 0.29) is 11.4 Å². The lowest BCUT2D eigenvalue weighted by atomic mass is 10.1. The van der Waals surface area contributed by atoms with Crippen molar-refractivity contribution in [2.24, 2.45) is 0 Å². The van der Waals surface area contributed by atoms with Crippen LogP contribution in [0.3, 0.4) is 0 Å². The average Bonchev–Trinajstić information content (AvgIpc) is 2.56. The molecule has 23 heavy (non-hydrogen) atoms. The summed E-state index contributed by atoms with van der Waals surface area (Å²) in [7, 11) is -0.816. The fourth-order valence-electron chi connectivity index (χ4n) is 2.16. The molecular weight excluding hydrogens is 321 g/mol. The third kappa shape index (κ3) is 4.28. The van der Waals surface area contributed by atoms with Crippen LogP contribution < -0.4 is 9.46 Å². The first-order valence-corrected chi connectivity index (χ1v) is 8.37. The number of hydrogen-bond donors (Lipinski definition) is 1. The molecule has 0 heterocycles. The summed E-state index contributed by atoms with van der Waals surface area (Å²) in [5.74, 6) is -0.00908. The van der Waals surface area contributed by atoms with Crippen molar-refractivity contribution in [1.82, 2.24) is 4.72 Å². The Labute approximate surface area is 135 Å². The van der Waals surface area contributed by atoms with E-state index in [1.165, 1.54) is 32.4 Å². The van der Waals surface area contributed by atoms with E-state index >= 15 is 0 Å². The van der Waals surface area contributed by atoms with Crippen LogP contribution in [-0.2, 0) is 14.8 Å². The van der Waals surface area contributed by atoms with Gasteiger partial charge in [0.15, 0.2) is 0 Å². The second-order valence-electron chi connectivity index (χ2n) is 4.78. The largest absolute Gasteiger partial charge is 0.496 e. The molecule has 0 aliphatic heterocycles. The molecule has 5 nitrogen and oxygen atoms in total. The van der Waals surface area contributed by atoms with Gasteiger partial charge in [0.05, 0.1) is 18.1 Å². The number of para-hydroxylation sites is 1. The van der Waals surface area contributed by atoms with Gasteiger partial charge in [-0.1, -0.05) is 24.3 Å². The molecule has 0 aromatic heterocycles. The summed E-state index contributed by atoms with van der Waals surface area (Å²) in [6.45, 7) is -0.00425. The summed E-state index contributed by atoms with van der Waals surface area (Å²) >= 11 is 0. The fourth-order valence-corrected chi connectivity index (χ4v) is 3.22. The van der Waals surface area contributed by atoms with E-state index in [1.807, 2.05) is 12.1 Å². The summed E-state index contributed by atoms with van der Waals surface area (Å²) in [5, 5.41) is 0. The van der Waals surface area contributed by atoms with Crippen LogP contribution in [0, 0.1) is 5.82 Å². The molecule has 2 aromatic carbocycles. The number of nitrogens with one attached hydrogen (secondary N) is 1. The van der Waals surface area contributed by atoms with Gasteiger partial charge < -0.3 is 9.47 Å². The van der Waals surface area contributed by atoms with E-state index in [4.69, 9.17) is 9.47 Å². The first kappa shape index (κ1) is 17.4. The highest BCUT2D eigenvalue weighted by Crippen LogP contribution is 2.26. The van der Waals surface area contributed by atoms with Gasteiger partial charge in [0.1, 0.15) is 11.6 Å². The SMILES string of the molecule is COc1ccccc1[C@@H](CNS(=O)(=O)c1cccc(F)c1)OC. The first-order valence-electron chi connectivity index (χ1n) is 6.89.